The van der Waals surface area contributed by atoms with E-state index in [4.69, 9.17) is 4.74 Å². The Kier molecular flexibility index (Phi) is 5.43. The third-order valence-corrected chi connectivity index (χ3v) is 4.08. The number of aliphatic hydroxyl groups is 1. The van der Waals surface area contributed by atoms with Crippen molar-refractivity contribution in [3.05, 3.63) is 63.1 Å². The summed E-state index contributed by atoms with van der Waals surface area (Å²) in [7, 11) is 0. The molecule has 2 nitrogen and oxygen atoms in total. The van der Waals surface area contributed by atoms with E-state index < -0.39 is 6.10 Å². The van der Waals surface area contributed by atoms with E-state index in [1.54, 1.807) is 0 Å². The lowest BCUT2D eigenvalue weighted by Gasteiger charge is -2.16. The number of hydrogen-bond acceptors (Lipinski definition) is 2. The third-order valence-electron chi connectivity index (χ3n) is 3.46. The molecular weight excluding hydrogens is 328 g/mol. The Bertz CT molecular complexity index is 623. The molecule has 1 N–H and O–H groups in total. The third kappa shape index (κ3) is 3.86. The van der Waals surface area contributed by atoms with Crippen LogP contribution < -0.4 is 4.74 Å². The largest absolute Gasteiger partial charge is 0.492 e. The Labute approximate surface area is 134 Å². The topological polar surface area (TPSA) is 29.5 Å². The number of halogens is 1. The molecule has 0 saturated carbocycles. The van der Waals surface area contributed by atoms with Gasteiger partial charge in [-0.2, -0.15) is 0 Å². The molecule has 0 heterocycles. The highest BCUT2D eigenvalue weighted by Gasteiger charge is 2.15. The molecule has 0 amide bonds. The minimum Gasteiger partial charge on any atom is -0.492 e. The van der Waals surface area contributed by atoms with E-state index in [1.807, 2.05) is 44.2 Å². The average Bonchev–Trinajstić information content (AvgIpc) is 2.47. The van der Waals surface area contributed by atoms with Gasteiger partial charge in [-0.05, 0) is 65.0 Å². The van der Waals surface area contributed by atoms with Crippen LogP contribution in [0.4, 0.5) is 0 Å². The Morgan fingerprint density at radius 2 is 1.90 bits per heavy atom. The predicted octanol–water partition coefficient (Wildman–Crippen LogP) is 4.94. The van der Waals surface area contributed by atoms with Crippen LogP contribution in [0.3, 0.4) is 0 Å². The molecule has 0 fully saturated rings. The summed E-state index contributed by atoms with van der Waals surface area (Å²) in [6, 6.07) is 11.9. The highest BCUT2D eigenvalue weighted by atomic mass is 79.9. The van der Waals surface area contributed by atoms with E-state index in [0.29, 0.717) is 6.61 Å². The van der Waals surface area contributed by atoms with Crippen LogP contribution in [-0.4, -0.2) is 11.7 Å². The van der Waals surface area contributed by atoms with Gasteiger partial charge in [0.2, 0.25) is 0 Å². The van der Waals surface area contributed by atoms with Gasteiger partial charge in [0.15, 0.2) is 0 Å². The first-order valence-electron chi connectivity index (χ1n) is 7.20. The zero-order valence-corrected chi connectivity index (χ0v) is 14.3. The molecule has 2 rings (SSSR count). The SMILES string of the molecule is CCCOc1ccc(C(O)c2cc(C)ccc2C)cc1Br. The van der Waals surface area contributed by atoms with Crippen LogP contribution in [0.15, 0.2) is 40.9 Å². The fraction of sp³-hybridized carbons (Fsp3) is 0.333. The Hall–Kier alpha value is -1.32. The number of ether oxygens (including phenoxy) is 1. The maximum Gasteiger partial charge on any atom is 0.133 e. The standard InChI is InChI=1S/C18H21BrO2/c1-4-9-21-17-8-7-14(11-16(17)19)18(20)15-10-12(2)5-6-13(15)3/h5-8,10-11,18,20H,4,9H2,1-3H3. The monoisotopic (exact) mass is 348 g/mol. The van der Waals surface area contributed by atoms with Crippen molar-refractivity contribution in [1.82, 2.24) is 0 Å². The number of aliphatic hydroxyl groups excluding tert-OH is 1. The molecule has 0 bridgehead atoms. The van der Waals surface area contributed by atoms with E-state index in [0.717, 1.165) is 38.9 Å². The number of hydrogen-bond donors (Lipinski definition) is 1. The van der Waals surface area contributed by atoms with Crippen LogP contribution in [0.1, 0.15) is 41.7 Å². The molecule has 0 aliphatic carbocycles. The minimum absolute atomic E-state index is 0.624. The van der Waals surface area contributed by atoms with Crippen molar-refractivity contribution in [2.24, 2.45) is 0 Å². The quantitative estimate of drug-likeness (QED) is 0.829. The smallest absolute Gasteiger partial charge is 0.133 e. The van der Waals surface area contributed by atoms with Crippen molar-refractivity contribution in [3.8, 4) is 5.75 Å². The van der Waals surface area contributed by atoms with Crippen molar-refractivity contribution in [3.63, 3.8) is 0 Å². The Balaban J connectivity index is 2.29. The lowest BCUT2D eigenvalue weighted by Crippen LogP contribution is -2.03. The van der Waals surface area contributed by atoms with Gasteiger partial charge in [-0.1, -0.05) is 36.8 Å². The summed E-state index contributed by atoms with van der Waals surface area (Å²) in [5.74, 6) is 0.814. The molecule has 0 saturated heterocycles. The normalized spacial score (nSPS) is 12.2. The van der Waals surface area contributed by atoms with E-state index >= 15 is 0 Å². The van der Waals surface area contributed by atoms with Crippen molar-refractivity contribution in [2.45, 2.75) is 33.3 Å². The fourth-order valence-corrected chi connectivity index (χ4v) is 2.76. The van der Waals surface area contributed by atoms with Gasteiger partial charge in [-0.25, -0.2) is 0 Å². The highest BCUT2D eigenvalue weighted by Crippen LogP contribution is 2.32. The summed E-state index contributed by atoms with van der Waals surface area (Å²) < 4.78 is 6.51. The molecule has 2 aromatic rings. The molecular formula is C18H21BrO2. The maximum atomic E-state index is 10.6. The van der Waals surface area contributed by atoms with Crippen molar-refractivity contribution >= 4 is 15.9 Å². The molecule has 3 heteroatoms. The molecule has 0 aliphatic heterocycles. The van der Waals surface area contributed by atoms with Gasteiger partial charge in [-0.3, -0.25) is 0 Å². The van der Waals surface area contributed by atoms with Crippen LogP contribution >= 0.6 is 15.9 Å². The number of rotatable bonds is 5. The van der Waals surface area contributed by atoms with Crippen LogP contribution in [-0.2, 0) is 0 Å². The average molecular weight is 349 g/mol. The number of aryl methyl sites for hydroxylation is 2. The second-order valence-corrected chi connectivity index (χ2v) is 6.16. The van der Waals surface area contributed by atoms with Crippen LogP contribution in [0, 0.1) is 13.8 Å². The first-order valence-corrected chi connectivity index (χ1v) is 7.99. The lowest BCUT2D eigenvalue weighted by molar-refractivity contribution is 0.219. The lowest BCUT2D eigenvalue weighted by atomic mass is 9.96. The van der Waals surface area contributed by atoms with Crippen LogP contribution in [0.5, 0.6) is 5.75 Å². The Morgan fingerprint density at radius 1 is 1.14 bits per heavy atom. The van der Waals surface area contributed by atoms with Gasteiger partial charge in [-0.15, -0.1) is 0 Å². The van der Waals surface area contributed by atoms with E-state index in [9.17, 15) is 5.11 Å². The maximum absolute atomic E-state index is 10.6. The first-order chi connectivity index (χ1) is 10.0. The van der Waals surface area contributed by atoms with E-state index in [-0.39, 0.29) is 0 Å². The molecule has 0 aliphatic rings. The molecule has 2 aromatic carbocycles. The fourth-order valence-electron chi connectivity index (χ4n) is 2.25. The number of benzene rings is 2. The van der Waals surface area contributed by atoms with Crippen LogP contribution in [0.2, 0.25) is 0 Å². The summed E-state index contributed by atoms with van der Waals surface area (Å²) in [4.78, 5) is 0. The van der Waals surface area contributed by atoms with Crippen LogP contribution in [0.25, 0.3) is 0 Å². The summed E-state index contributed by atoms with van der Waals surface area (Å²) in [6.07, 6.45) is 0.348. The minimum atomic E-state index is -0.624. The van der Waals surface area contributed by atoms with Gasteiger partial charge in [0.1, 0.15) is 11.9 Å². The summed E-state index contributed by atoms with van der Waals surface area (Å²) in [5, 5.41) is 10.6. The van der Waals surface area contributed by atoms with Gasteiger partial charge >= 0.3 is 0 Å². The van der Waals surface area contributed by atoms with Gasteiger partial charge in [0, 0.05) is 0 Å². The molecule has 0 aromatic heterocycles. The zero-order chi connectivity index (χ0) is 15.4. The van der Waals surface area contributed by atoms with Crippen molar-refractivity contribution in [1.29, 1.82) is 0 Å². The van der Waals surface area contributed by atoms with E-state index in [1.165, 1.54) is 0 Å². The predicted molar refractivity (Wildman–Crippen MR) is 89.9 cm³/mol. The summed E-state index contributed by atoms with van der Waals surface area (Å²) >= 11 is 3.52. The second-order valence-electron chi connectivity index (χ2n) is 5.30. The Morgan fingerprint density at radius 3 is 2.57 bits per heavy atom. The second kappa shape index (κ2) is 7.10. The molecule has 0 spiro atoms. The van der Waals surface area contributed by atoms with Crippen molar-refractivity contribution in [2.75, 3.05) is 6.61 Å². The first kappa shape index (κ1) is 16.1. The molecule has 0 radical (unpaired) electrons. The van der Waals surface area contributed by atoms with Gasteiger partial charge < -0.3 is 9.84 Å². The van der Waals surface area contributed by atoms with Crippen molar-refractivity contribution < 1.29 is 9.84 Å². The summed E-state index contributed by atoms with van der Waals surface area (Å²) in [5.41, 5.74) is 4.05. The van der Waals surface area contributed by atoms with Gasteiger partial charge in [0.25, 0.3) is 0 Å². The highest BCUT2D eigenvalue weighted by molar-refractivity contribution is 9.10. The van der Waals surface area contributed by atoms with E-state index in [2.05, 4.69) is 28.9 Å². The molecule has 1 atom stereocenters. The zero-order valence-electron chi connectivity index (χ0n) is 12.7. The molecule has 112 valence electrons. The summed E-state index contributed by atoms with van der Waals surface area (Å²) in [6.45, 7) is 6.82. The molecule has 21 heavy (non-hydrogen) atoms. The van der Waals surface area contributed by atoms with Gasteiger partial charge in [0.05, 0.1) is 11.1 Å². The molecule has 1 unspecified atom stereocenters.